The first kappa shape index (κ1) is 13.1. The van der Waals surface area contributed by atoms with Crippen LogP contribution in [0.25, 0.3) is 0 Å². The summed E-state index contributed by atoms with van der Waals surface area (Å²) in [5, 5.41) is 9.19. The molecule has 1 atom stereocenters. The van der Waals surface area contributed by atoms with Gasteiger partial charge in [0.1, 0.15) is 0 Å². The Hall–Kier alpha value is -0.900. The highest BCUT2D eigenvalue weighted by atomic mass is 16.7. The summed E-state index contributed by atoms with van der Waals surface area (Å²) in [6, 6.07) is 10.4. The second-order valence-corrected chi connectivity index (χ2v) is 5.78. The van der Waals surface area contributed by atoms with Gasteiger partial charge in [0.2, 0.25) is 0 Å². The lowest BCUT2D eigenvalue weighted by Gasteiger charge is -2.35. The van der Waals surface area contributed by atoms with Crippen LogP contribution in [0.3, 0.4) is 0 Å². The zero-order valence-corrected chi connectivity index (χ0v) is 11.3. The minimum Gasteiger partial charge on any atom is -0.396 e. The highest BCUT2D eigenvalue weighted by Crippen LogP contribution is 2.40. The Labute approximate surface area is 114 Å². The highest BCUT2D eigenvalue weighted by molar-refractivity contribution is 5.15. The molecule has 3 nitrogen and oxygen atoms in total. The van der Waals surface area contributed by atoms with Gasteiger partial charge >= 0.3 is 0 Å². The number of hydrogen-bond donors (Lipinski definition) is 1. The summed E-state index contributed by atoms with van der Waals surface area (Å²) in [5.41, 5.74) is 1.30. The van der Waals surface area contributed by atoms with Gasteiger partial charge in [0, 0.05) is 25.9 Å². The largest absolute Gasteiger partial charge is 0.396 e. The average Bonchev–Trinajstić information content (AvgIpc) is 2.84. The van der Waals surface area contributed by atoms with Gasteiger partial charge in [-0.25, -0.2) is 0 Å². The van der Waals surface area contributed by atoms with Crippen molar-refractivity contribution in [3.63, 3.8) is 0 Å². The topological polar surface area (TPSA) is 38.7 Å². The van der Waals surface area contributed by atoms with Crippen molar-refractivity contribution in [1.82, 2.24) is 0 Å². The predicted octanol–water partition coefficient (Wildman–Crippen LogP) is 2.52. The molecule has 3 rings (SSSR count). The maximum atomic E-state index is 9.19. The zero-order chi connectivity index (χ0) is 13.1. The summed E-state index contributed by atoms with van der Waals surface area (Å²) >= 11 is 0. The normalized spacial score (nSPS) is 34.8. The second kappa shape index (κ2) is 5.61. The third-order valence-corrected chi connectivity index (χ3v) is 4.35. The molecule has 0 aromatic heterocycles. The lowest BCUT2D eigenvalue weighted by molar-refractivity contribution is -0.193. The third-order valence-electron chi connectivity index (χ3n) is 4.35. The van der Waals surface area contributed by atoms with Gasteiger partial charge in [0.05, 0.1) is 12.7 Å². The minimum atomic E-state index is -0.356. The monoisotopic (exact) mass is 262 g/mol. The molecule has 1 aliphatic heterocycles. The van der Waals surface area contributed by atoms with E-state index in [9.17, 15) is 5.11 Å². The van der Waals surface area contributed by atoms with Crippen LogP contribution in [-0.4, -0.2) is 30.2 Å². The number of aliphatic hydroxyl groups is 1. The number of aliphatic hydroxyl groups excluding tert-OH is 1. The quantitative estimate of drug-likeness (QED) is 0.909. The minimum absolute atomic E-state index is 0.174. The fourth-order valence-corrected chi connectivity index (χ4v) is 3.16. The van der Waals surface area contributed by atoms with Gasteiger partial charge in [-0.05, 0) is 24.3 Å². The average molecular weight is 262 g/mol. The molecular weight excluding hydrogens is 240 g/mol. The molecule has 0 bridgehead atoms. The van der Waals surface area contributed by atoms with Crippen molar-refractivity contribution in [3.8, 4) is 0 Å². The van der Waals surface area contributed by atoms with E-state index >= 15 is 0 Å². The van der Waals surface area contributed by atoms with Crippen molar-refractivity contribution in [2.75, 3.05) is 13.2 Å². The highest BCUT2D eigenvalue weighted by Gasteiger charge is 2.43. The van der Waals surface area contributed by atoms with Crippen LogP contribution in [0.15, 0.2) is 30.3 Å². The van der Waals surface area contributed by atoms with Gasteiger partial charge in [0.25, 0.3) is 0 Å². The molecule has 19 heavy (non-hydrogen) atoms. The van der Waals surface area contributed by atoms with E-state index in [1.165, 1.54) is 5.56 Å². The van der Waals surface area contributed by atoms with E-state index in [1.807, 2.05) is 6.07 Å². The Kier molecular flexibility index (Phi) is 3.87. The van der Waals surface area contributed by atoms with E-state index in [2.05, 4.69) is 24.3 Å². The Bertz CT molecular complexity index is 396. The summed E-state index contributed by atoms with van der Waals surface area (Å²) in [6.07, 6.45) is 4.95. The van der Waals surface area contributed by atoms with Crippen LogP contribution in [0.4, 0.5) is 0 Å². The van der Waals surface area contributed by atoms with E-state index in [1.54, 1.807) is 0 Å². The number of rotatable bonds is 3. The van der Waals surface area contributed by atoms with Crippen LogP contribution in [0.1, 0.15) is 31.2 Å². The molecule has 2 aliphatic rings. The van der Waals surface area contributed by atoms with Crippen LogP contribution in [0.5, 0.6) is 0 Å². The first-order chi connectivity index (χ1) is 9.30. The van der Waals surface area contributed by atoms with Crippen molar-refractivity contribution in [2.24, 2.45) is 5.92 Å². The van der Waals surface area contributed by atoms with Crippen molar-refractivity contribution >= 4 is 0 Å². The van der Waals surface area contributed by atoms with Crippen LogP contribution in [-0.2, 0) is 15.9 Å². The number of benzene rings is 1. The molecule has 1 aromatic carbocycles. The molecule has 3 heteroatoms. The second-order valence-electron chi connectivity index (χ2n) is 5.78. The summed E-state index contributed by atoms with van der Waals surface area (Å²) in [6.45, 7) is 0.988. The van der Waals surface area contributed by atoms with Crippen LogP contribution in [0.2, 0.25) is 0 Å². The molecule has 0 amide bonds. The first-order valence-electron chi connectivity index (χ1n) is 7.26. The SMILES string of the molecule is OCC1CCC2(CC1)OCC(Cc1ccccc1)O2. The lowest BCUT2D eigenvalue weighted by atomic mass is 9.85. The molecule has 1 saturated heterocycles. The molecular formula is C16H22O3. The molecule has 0 radical (unpaired) electrons. The van der Waals surface area contributed by atoms with E-state index in [4.69, 9.17) is 9.47 Å². The van der Waals surface area contributed by atoms with E-state index in [-0.39, 0.29) is 11.9 Å². The molecule has 1 saturated carbocycles. The molecule has 1 N–H and O–H groups in total. The Balaban J connectivity index is 1.56. The smallest absolute Gasteiger partial charge is 0.168 e. The Morgan fingerprint density at radius 2 is 1.89 bits per heavy atom. The van der Waals surface area contributed by atoms with Gasteiger partial charge in [0.15, 0.2) is 5.79 Å². The van der Waals surface area contributed by atoms with E-state index < -0.39 is 0 Å². The standard InChI is InChI=1S/C16H22O3/c17-11-14-6-8-16(9-7-14)18-12-15(19-16)10-13-4-2-1-3-5-13/h1-5,14-15,17H,6-12H2. The van der Waals surface area contributed by atoms with E-state index in [0.29, 0.717) is 19.1 Å². The van der Waals surface area contributed by atoms with Crippen molar-refractivity contribution in [3.05, 3.63) is 35.9 Å². The zero-order valence-electron chi connectivity index (χ0n) is 11.3. The van der Waals surface area contributed by atoms with E-state index in [0.717, 1.165) is 32.1 Å². The number of ether oxygens (including phenoxy) is 2. The van der Waals surface area contributed by atoms with Crippen molar-refractivity contribution < 1.29 is 14.6 Å². The fourth-order valence-electron chi connectivity index (χ4n) is 3.16. The van der Waals surface area contributed by atoms with Gasteiger partial charge in [-0.1, -0.05) is 30.3 Å². The van der Waals surface area contributed by atoms with Gasteiger partial charge in [-0.15, -0.1) is 0 Å². The molecule has 1 aromatic rings. The van der Waals surface area contributed by atoms with Gasteiger partial charge in [-0.3, -0.25) is 0 Å². The lowest BCUT2D eigenvalue weighted by Crippen LogP contribution is -2.36. The summed E-state index contributed by atoms with van der Waals surface area (Å²) < 4.78 is 12.1. The fraction of sp³-hybridized carbons (Fsp3) is 0.625. The Morgan fingerprint density at radius 3 is 2.58 bits per heavy atom. The Morgan fingerprint density at radius 1 is 1.16 bits per heavy atom. The summed E-state index contributed by atoms with van der Waals surface area (Å²) in [4.78, 5) is 0. The third kappa shape index (κ3) is 2.99. The maximum absolute atomic E-state index is 9.19. The number of hydrogen-bond acceptors (Lipinski definition) is 3. The van der Waals surface area contributed by atoms with Crippen molar-refractivity contribution in [1.29, 1.82) is 0 Å². The van der Waals surface area contributed by atoms with Crippen LogP contribution < -0.4 is 0 Å². The maximum Gasteiger partial charge on any atom is 0.168 e. The van der Waals surface area contributed by atoms with Crippen LogP contribution in [0, 0.1) is 5.92 Å². The molecule has 1 unspecified atom stereocenters. The summed E-state index contributed by atoms with van der Waals surface area (Å²) in [7, 11) is 0. The molecule has 1 spiro atoms. The molecule has 1 heterocycles. The molecule has 2 fully saturated rings. The van der Waals surface area contributed by atoms with Crippen LogP contribution >= 0.6 is 0 Å². The molecule has 1 aliphatic carbocycles. The first-order valence-corrected chi connectivity index (χ1v) is 7.26. The van der Waals surface area contributed by atoms with Gasteiger partial charge in [-0.2, -0.15) is 0 Å². The molecule has 104 valence electrons. The summed E-state index contributed by atoms with van der Waals surface area (Å²) in [5.74, 6) is 0.0801. The predicted molar refractivity (Wildman–Crippen MR) is 72.7 cm³/mol. The van der Waals surface area contributed by atoms with Gasteiger partial charge < -0.3 is 14.6 Å². The van der Waals surface area contributed by atoms with Crippen molar-refractivity contribution in [2.45, 2.75) is 44.0 Å².